The maximum Gasteiger partial charge on any atom is 0.253 e. The minimum absolute atomic E-state index is 0.0452. The Morgan fingerprint density at radius 3 is 2.52 bits per heavy atom. The Bertz CT molecular complexity index is 599. The molecule has 1 N–H and O–H groups in total. The van der Waals surface area contributed by atoms with E-state index in [2.05, 4.69) is 10.3 Å². The van der Waals surface area contributed by atoms with E-state index in [1.54, 1.807) is 23.2 Å². The molecule has 0 spiro atoms. The summed E-state index contributed by atoms with van der Waals surface area (Å²) in [7, 11) is 0. The van der Waals surface area contributed by atoms with Crippen LogP contribution in [0.4, 0.5) is 5.69 Å². The predicted octanol–water partition coefficient (Wildman–Crippen LogP) is 1.86. The zero-order valence-electron chi connectivity index (χ0n) is 11.8. The van der Waals surface area contributed by atoms with E-state index >= 15 is 0 Å². The third-order valence-electron chi connectivity index (χ3n) is 3.01. The number of anilines is 1. The summed E-state index contributed by atoms with van der Waals surface area (Å²) in [6.45, 7) is 2.40. The summed E-state index contributed by atoms with van der Waals surface area (Å²) in [5, 5.41) is 2.61. The number of hydrogen-bond acceptors (Lipinski definition) is 3. The number of amides is 2. The molecule has 2 rings (SSSR count). The van der Waals surface area contributed by atoms with Crippen LogP contribution in [0, 0.1) is 0 Å². The molecule has 1 heterocycles. The lowest BCUT2D eigenvalue weighted by atomic mass is 10.2. The summed E-state index contributed by atoms with van der Waals surface area (Å²) in [4.78, 5) is 29.6. The van der Waals surface area contributed by atoms with Crippen molar-refractivity contribution in [3.05, 3.63) is 60.4 Å². The SMILES string of the molecule is CCN(C(=O)CNC(=O)c1cccnc1)c1ccccc1. The molecule has 0 radical (unpaired) electrons. The Labute approximate surface area is 123 Å². The number of nitrogens with one attached hydrogen (secondary N) is 1. The van der Waals surface area contributed by atoms with Crippen LogP contribution in [0.25, 0.3) is 0 Å². The fourth-order valence-electron chi connectivity index (χ4n) is 1.96. The van der Waals surface area contributed by atoms with Crippen LogP contribution < -0.4 is 10.2 Å². The molecule has 1 aromatic heterocycles. The number of pyridine rings is 1. The predicted molar refractivity (Wildman–Crippen MR) is 81.0 cm³/mol. The normalized spacial score (nSPS) is 9.95. The third kappa shape index (κ3) is 3.89. The molecule has 0 bridgehead atoms. The Kier molecular flexibility index (Phi) is 5.04. The Morgan fingerprint density at radius 2 is 1.90 bits per heavy atom. The number of aromatic nitrogens is 1. The van der Waals surface area contributed by atoms with Crippen LogP contribution in [0.15, 0.2) is 54.9 Å². The molecule has 0 aliphatic carbocycles. The molecule has 21 heavy (non-hydrogen) atoms. The van der Waals surface area contributed by atoms with Crippen LogP contribution in [-0.4, -0.2) is 29.9 Å². The summed E-state index contributed by atoms with van der Waals surface area (Å²) < 4.78 is 0. The summed E-state index contributed by atoms with van der Waals surface area (Å²) in [6.07, 6.45) is 3.06. The van der Waals surface area contributed by atoms with Crippen LogP contribution in [0.3, 0.4) is 0 Å². The van der Waals surface area contributed by atoms with E-state index < -0.39 is 0 Å². The number of carbonyl (C=O) groups excluding carboxylic acids is 2. The molecule has 2 aromatic rings. The smallest absolute Gasteiger partial charge is 0.253 e. The molecule has 0 unspecified atom stereocenters. The highest BCUT2D eigenvalue weighted by Crippen LogP contribution is 2.12. The summed E-state index contributed by atoms with van der Waals surface area (Å²) in [5.41, 5.74) is 1.26. The highest BCUT2D eigenvalue weighted by Gasteiger charge is 2.15. The fraction of sp³-hybridized carbons (Fsp3) is 0.188. The maximum absolute atomic E-state index is 12.2. The van der Waals surface area contributed by atoms with E-state index in [1.807, 2.05) is 37.3 Å². The number of nitrogens with zero attached hydrogens (tertiary/aromatic N) is 2. The lowest BCUT2D eigenvalue weighted by molar-refractivity contribution is -0.117. The molecule has 0 saturated carbocycles. The van der Waals surface area contributed by atoms with Crippen molar-refractivity contribution in [2.75, 3.05) is 18.0 Å². The lowest BCUT2D eigenvalue weighted by Gasteiger charge is -2.21. The topological polar surface area (TPSA) is 62.3 Å². The molecule has 0 atom stereocenters. The minimum atomic E-state index is -0.305. The number of carbonyl (C=O) groups is 2. The molecule has 1 aromatic carbocycles. The molecular formula is C16H17N3O2. The second-order valence-corrected chi connectivity index (χ2v) is 4.40. The maximum atomic E-state index is 12.2. The zero-order valence-corrected chi connectivity index (χ0v) is 11.8. The quantitative estimate of drug-likeness (QED) is 0.911. The third-order valence-corrected chi connectivity index (χ3v) is 3.01. The van der Waals surface area contributed by atoms with Gasteiger partial charge < -0.3 is 10.2 Å². The average Bonchev–Trinajstić information content (AvgIpc) is 2.55. The van der Waals surface area contributed by atoms with Gasteiger partial charge in [-0.3, -0.25) is 14.6 Å². The highest BCUT2D eigenvalue weighted by atomic mass is 16.2. The van der Waals surface area contributed by atoms with Crippen LogP contribution >= 0.6 is 0 Å². The Balaban J connectivity index is 1.96. The monoisotopic (exact) mass is 283 g/mol. The number of hydrogen-bond donors (Lipinski definition) is 1. The molecule has 0 aliphatic heterocycles. The van der Waals surface area contributed by atoms with Gasteiger partial charge in [-0.15, -0.1) is 0 Å². The first kappa shape index (κ1) is 14.7. The lowest BCUT2D eigenvalue weighted by Crippen LogP contribution is -2.40. The first-order valence-corrected chi connectivity index (χ1v) is 6.76. The summed E-state index contributed by atoms with van der Waals surface area (Å²) in [6, 6.07) is 12.7. The molecule has 0 fully saturated rings. The first-order valence-electron chi connectivity index (χ1n) is 6.76. The van der Waals surface area contributed by atoms with Gasteiger partial charge in [0.15, 0.2) is 0 Å². The van der Waals surface area contributed by atoms with Gasteiger partial charge >= 0.3 is 0 Å². The van der Waals surface area contributed by atoms with Crippen LogP contribution in [0.5, 0.6) is 0 Å². The first-order chi connectivity index (χ1) is 10.2. The van der Waals surface area contributed by atoms with Gasteiger partial charge in [-0.25, -0.2) is 0 Å². The van der Waals surface area contributed by atoms with Crippen molar-refractivity contribution in [1.29, 1.82) is 0 Å². The van der Waals surface area contributed by atoms with E-state index in [4.69, 9.17) is 0 Å². The molecular weight excluding hydrogens is 266 g/mol. The average molecular weight is 283 g/mol. The summed E-state index contributed by atoms with van der Waals surface area (Å²) in [5.74, 6) is -0.457. The van der Waals surface area contributed by atoms with Crippen molar-refractivity contribution >= 4 is 17.5 Å². The standard InChI is InChI=1S/C16H17N3O2/c1-2-19(14-8-4-3-5-9-14)15(20)12-18-16(21)13-7-6-10-17-11-13/h3-11H,2,12H2,1H3,(H,18,21). The Morgan fingerprint density at radius 1 is 1.14 bits per heavy atom. The van der Waals surface area contributed by atoms with Gasteiger partial charge in [0, 0.05) is 24.6 Å². The van der Waals surface area contributed by atoms with Crippen molar-refractivity contribution in [2.24, 2.45) is 0 Å². The molecule has 108 valence electrons. The molecule has 0 saturated heterocycles. The van der Waals surface area contributed by atoms with Gasteiger partial charge in [-0.2, -0.15) is 0 Å². The number of benzene rings is 1. The Hall–Kier alpha value is -2.69. The molecule has 0 aliphatic rings. The van der Waals surface area contributed by atoms with Gasteiger partial charge in [-0.05, 0) is 31.2 Å². The molecule has 5 heteroatoms. The second-order valence-electron chi connectivity index (χ2n) is 4.40. The minimum Gasteiger partial charge on any atom is -0.343 e. The van der Waals surface area contributed by atoms with Gasteiger partial charge in [-0.1, -0.05) is 18.2 Å². The van der Waals surface area contributed by atoms with E-state index in [9.17, 15) is 9.59 Å². The van der Waals surface area contributed by atoms with Gasteiger partial charge in [0.25, 0.3) is 5.91 Å². The number of rotatable bonds is 5. The van der Waals surface area contributed by atoms with Crippen molar-refractivity contribution < 1.29 is 9.59 Å². The van der Waals surface area contributed by atoms with E-state index in [0.717, 1.165) is 5.69 Å². The zero-order chi connectivity index (χ0) is 15.1. The van der Waals surface area contributed by atoms with Gasteiger partial charge in [0.2, 0.25) is 5.91 Å². The van der Waals surface area contributed by atoms with Crippen molar-refractivity contribution in [1.82, 2.24) is 10.3 Å². The fourth-order valence-corrected chi connectivity index (χ4v) is 1.96. The number of likely N-dealkylation sites (N-methyl/N-ethyl adjacent to an activating group) is 1. The van der Waals surface area contributed by atoms with E-state index in [-0.39, 0.29) is 18.4 Å². The molecule has 5 nitrogen and oxygen atoms in total. The van der Waals surface area contributed by atoms with Gasteiger partial charge in [0.05, 0.1) is 12.1 Å². The second kappa shape index (κ2) is 7.19. The van der Waals surface area contributed by atoms with Gasteiger partial charge in [0.1, 0.15) is 0 Å². The van der Waals surface area contributed by atoms with Crippen molar-refractivity contribution in [3.63, 3.8) is 0 Å². The molecule has 2 amide bonds. The highest BCUT2D eigenvalue weighted by molar-refractivity contribution is 6.00. The van der Waals surface area contributed by atoms with Crippen LogP contribution in [0.1, 0.15) is 17.3 Å². The van der Waals surface area contributed by atoms with Crippen LogP contribution in [-0.2, 0) is 4.79 Å². The number of para-hydroxylation sites is 1. The van der Waals surface area contributed by atoms with Crippen LogP contribution in [0.2, 0.25) is 0 Å². The largest absolute Gasteiger partial charge is 0.343 e. The summed E-state index contributed by atoms with van der Waals surface area (Å²) >= 11 is 0. The van der Waals surface area contributed by atoms with Crippen molar-refractivity contribution in [3.8, 4) is 0 Å². The van der Waals surface area contributed by atoms with Crippen molar-refractivity contribution in [2.45, 2.75) is 6.92 Å². The van der Waals surface area contributed by atoms with E-state index in [0.29, 0.717) is 12.1 Å². The van der Waals surface area contributed by atoms with E-state index in [1.165, 1.54) is 6.20 Å².